The molecule has 0 aromatic carbocycles. The van der Waals surface area contributed by atoms with Gasteiger partial charge < -0.3 is 15.2 Å². The second-order valence-corrected chi connectivity index (χ2v) is 5.48. The van der Waals surface area contributed by atoms with Crippen molar-refractivity contribution in [2.45, 2.75) is 44.3 Å². The lowest BCUT2D eigenvalue weighted by atomic mass is 9.91. The Balaban J connectivity index is 2.05. The molecule has 1 aromatic heterocycles. The van der Waals surface area contributed by atoms with Gasteiger partial charge in [-0.05, 0) is 32.7 Å². The summed E-state index contributed by atoms with van der Waals surface area (Å²) in [5.41, 5.74) is 6.89. The van der Waals surface area contributed by atoms with E-state index in [1.807, 2.05) is 6.07 Å². The van der Waals surface area contributed by atoms with Gasteiger partial charge in [-0.1, -0.05) is 0 Å². The van der Waals surface area contributed by atoms with Gasteiger partial charge in [0.05, 0.1) is 14.2 Å². The summed E-state index contributed by atoms with van der Waals surface area (Å²) in [5.74, 6) is 1.46. The summed E-state index contributed by atoms with van der Waals surface area (Å²) in [6.45, 7) is 0.764. The summed E-state index contributed by atoms with van der Waals surface area (Å²) in [4.78, 5) is 6.78. The van der Waals surface area contributed by atoms with Gasteiger partial charge in [0, 0.05) is 30.9 Å². The van der Waals surface area contributed by atoms with Crippen LogP contribution in [0.4, 0.5) is 0 Å². The van der Waals surface area contributed by atoms with Gasteiger partial charge in [0.15, 0.2) is 11.5 Å². The maximum absolute atomic E-state index is 5.97. The number of nitrogens with two attached hydrogens (primary N) is 1. The van der Waals surface area contributed by atoms with Gasteiger partial charge in [0.1, 0.15) is 5.69 Å². The minimum Gasteiger partial charge on any atom is -0.493 e. The van der Waals surface area contributed by atoms with E-state index in [4.69, 9.17) is 15.2 Å². The Morgan fingerprint density at radius 1 is 1.25 bits per heavy atom. The number of nitrogens with zero attached hydrogens (tertiary/aromatic N) is 2. The minimum atomic E-state index is 0.379. The highest BCUT2D eigenvalue weighted by atomic mass is 16.5. The van der Waals surface area contributed by atoms with Crippen molar-refractivity contribution in [3.8, 4) is 11.5 Å². The van der Waals surface area contributed by atoms with Crippen LogP contribution in [-0.4, -0.2) is 43.2 Å². The van der Waals surface area contributed by atoms with Crippen LogP contribution in [0.25, 0.3) is 0 Å². The first-order chi connectivity index (χ1) is 9.65. The lowest BCUT2D eigenvalue weighted by molar-refractivity contribution is 0.172. The molecule has 0 saturated heterocycles. The highest BCUT2D eigenvalue weighted by Gasteiger charge is 2.23. The highest BCUT2D eigenvalue weighted by Crippen LogP contribution is 2.31. The van der Waals surface area contributed by atoms with Gasteiger partial charge in [-0.15, -0.1) is 0 Å². The number of pyridine rings is 1. The van der Waals surface area contributed by atoms with E-state index in [1.165, 1.54) is 0 Å². The molecule has 0 atom stereocenters. The van der Waals surface area contributed by atoms with E-state index < -0.39 is 0 Å². The summed E-state index contributed by atoms with van der Waals surface area (Å²) < 4.78 is 10.8. The summed E-state index contributed by atoms with van der Waals surface area (Å²) in [6, 6.07) is 2.78. The zero-order chi connectivity index (χ0) is 14.5. The Hall–Kier alpha value is -1.33. The fourth-order valence-electron chi connectivity index (χ4n) is 2.87. The van der Waals surface area contributed by atoms with Crippen molar-refractivity contribution in [1.82, 2.24) is 9.88 Å². The number of methoxy groups -OCH3 is 2. The average molecular weight is 279 g/mol. The summed E-state index contributed by atoms with van der Waals surface area (Å²) in [6.07, 6.45) is 6.30. The van der Waals surface area contributed by atoms with Crippen LogP contribution in [0.3, 0.4) is 0 Å². The third kappa shape index (κ3) is 3.41. The largest absolute Gasteiger partial charge is 0.493 e. The number of rotatable bonds is 5. The number of ether oxygens (including phenoxy) is 2. The second-order valence-electron chi connectivity index (χ2n) is 5.48. The van der Waals surface area contributed by atoms with E-state index in [9.17, 15) is 0 Å². The van der Waals surface area contributed by atoms with Crippen LogP contribution in [-0.2, 0) is 6.54 Å². The van der Waals surface area contributed by atoms with Crippen LogP contribution in [0.1, 0.15) is 31.4 Å². The van der Waals surface area contributed by atoms with Crippen LogP contribution in [0.2, 0.25) is 0 Å². The topological polar surface area (TPSA) is 60.6 Å². The first-order valence-corrected chi connectivity index (χ1v) is 7.17. The Kier molecular flexibility index (Phi) is 5.20. The molecule has 1 aliphatic rings. The number of hydrogen-bond acceptors (Lipinski definition) is 5. The standard InChI is InChI=1S/C15H25N3O2/c1-18(12-6-4-11(16)5-7-12)10-13-15(20-3)14(19-2)8-9-17-13/h8-9,11-12H,4-7,10,16H2,1-3H3. The molecular weight excluding hydrogens is 254 g/mol. The molecule has 1 heterocycles. The second kappa shape index (κ2) is 6.90. The SMILES string of the molecule is COc1ccnc(CN(C)C2CCC(N)CC2)c1OC. The van der Waals surface area contributed by atoms with Gasteiger partial charge in [-0.2, -0.15) is 0 Å². The molecule has 1 aliphatic carbocycles. The lowest BCUT2D eigenvalue weighted by Crippen LogP contribution is -2.38. The predicted molar refractivity (Wildman–Crippen MR) is 79.0 cm³/mol. The Labute approximate surface area is 121 Å². The lowest BCUT2D eigenvalue weighted by Gasteiger charge is -2.33. The normalized spacial score (nSPS) is 22.9. The zero-order valence-electron chi connectivity index (χ0n) is 12.6. The maximum atomic E-state index is 5.97. The van der Waals surface area contributed by atoms with Crippen LogP contribution >= 0.6 is 0 Å². The van der Waals surface area contributed by atoms with Crippen molar-refractivity contribution in [3.63, 3.8) is 0 Å². The van der Waals surface area contributed by atoms with Gasteiger partial charge in [-0.3, -0.25) is 9.88 Å². The number of hydrogen-bond donors (Lipinski definition) is 1. The van der Waals surface area contributed by atoms with Crippen molar-refractivity contribution in [2.75, 3.05) is 21.3 Å². The van der Waals surface area contributed by atoms with Crippen LogP contribution in [0, 0.1) is 0 Å². The van der Waals surface area contributed by atoms with Crippen molar-refractivity contribution in [2.24, 2.45) is 5.73 Å². The molecule has 5 nitrogen and oxygen atoms in total. The fraction of sp³-hybridized carbons (Fsp3) is 0.667. The highest BCUT2D eigenvalue weighted by molar-refractivity contribution is 5.42. The van der Waals surface area contributed by atoms with Crippen LogP contribution in [0.5, 0.6) is 11.5 Å². The molecule has 0 bridgehead atoms. The summed E-state index contributed by atoms with van der Waals surface area (Å²) >= 11 is 0. The molecule has 1 fully saturated rings. The summed E-state index contributed by atoms with van der Waals surface area (Å²) in [7, 11) is 5.44. The molecule has 0 spiro atoms. The first-order valence-electron chi connectivity index (χ1n) is 7.17. The Morgan fingerprint density at radius 3 is 2.55 bits per heavy atom. The molecule has 1 saturated carbocycles. The monoisotopic (exact) mass is 279 g/mol. The molecule has 5 heteroatoms. The quantitative estimate of drug-likeness (QED) is 0.890. The molecule has 0 aliphatic heterocycles. The van der Waals surface area contributed by atoms with Gasteiger partial charge >= 0.3 is 0 Å². The van der Waals surface area contributed by atoms with Crippen molar-refractivity contribution in [3.05, 3.63) is 18.0 Å². The molecule has 1 aromatic rings. The molecule has 2 rings (SSSR count). The smallest absolute Gasteiger partial charge is 0.183 e. The predicted octanol–water partition coefficient (Wildman–Crippen LogP) is 1.80. The third-order valence-corrected chi connectivity index (χ3v) is 4.13. The summed E-state index contributed by atoms with van der Waals surface area (Å²) in [5, 5.41) is 0. The first kappa shape index (κ1) is 15.1. The molecule has 112 valence electrons. The van der Waals surface area contributed by atoms with Crippen LogP contribution in [0.15, 0.2) is 12.3 Å². The zero-order valence-corrected chi connectivity index (χ0v) is 12.6. The van der Waals surface area contributed by atoms with E-state index in [2.05, 4.69) is 16.9 Å². The minimum absolute atomic E-state index is 0.379. The molecule has 20 heavy (non-hydrogen) atoms. The molecule has 0 amide bonds. The van der Waals surface area contributed by atoms with E-state index in [1.54, 1.807) is 20.4 Å². The van der Waals surface area contributed by atoms with E-state index >= 15 is 0 Å². The van der Waals surface area contributed by atoms with Gasteiger partial charge in [-0.25, -0.2) is 0 Å². The third-order valence-electron chi connectivity index (χ3n) is 4.13. The van der Waals surface area contributed by atoms with Crippen molar-refractivity contribution in [1.29, 1.82) is 0 Å². The Morgan fingerprint density at radius 2 is 1.95 bits per heavy atom. The van der Waals surface area contributed by atoms with E-state index in [0.29, 0.717) is 12.1 Å². The average Bonchev–Trinajstić information content (AvgIpc) is 2.47. The molecular formula is C15H25N3O2. The Bertz CT molecular complexity index is 431. The molecule has 0 radical (unpaired) electrons. The maximum Gasteiger partial charge on any atom is 0.183 e. The van der Waals surface area contributed by atoms with Gasteiger partial charge in [0.25, 0.3) is 0 Å². The fourth-order valence-corrected chi connectivity index (χ4v) is 2.87. The van der Waals surface area contributed by atoms with E-state index in [-0.39, 0.29) is 0 Å². The van der Waals surface area contributed by atoms with Crippen molar-refractivity contribution >= 4 is 0 Å². The van der Waals surface area contributed by atoms with E-state index in [0.717, 1.165) is 49.4 Å². The molecule has 0 unspecified atom stereocenters. The van der Waals surface area contributed by atoms with Crippen LogP contribution < -0.4 is 15.2 Å². The van der Waals surface area contributed by atoms with Gasteiger partial charge in [0.2, 0.25) is 0 Å². The molecule has 2 N–H and O–H groups in total. The number of aromatic nitrogens is 1. The van der Waals surface area contributed by atoms with Crippen molar-refractivity contribution < 1.29 is 9.47 Å².